The van der Waals surface area contributed by atoms with Crippen LogP contribution in [-0.2, 0) is 0 Å². The first kappa shape index (κ1) is 13.6. The van der Waals surface area contributed by atoms with Crippen molar-refractivity contribution in [3.63, 3.8) is 0 Å². The van der Waals surface area contributed by atoms with E-state index in [0.29, 0.717) is 5.92 Å². The smallest absolute Gasteiger partial charge is 0.0464 e. The van der Waals surface area contributed by atoms with E-state index in [-0.39, 0.29) is 12.6 Å². The fraction of sp³-hybridized carbons (Fsp3) is 0.538. The Bertz CT molecular complexity index is 299. The molecule has 2 nitrogen and oxygen atoms in total. The second kappa shape index (κ2) is 6.94. The van der Waals surface area contributed by atoms with Crippen LogP contribution in [0.4, 0.5) is 0 Å². The minimum absolute atomic E-state index is 0.149. The van der Waals surface area contributed by atoms with Crippen molar-refractivity contribution in [2.45, 2.75) is 31.2 Å². The van der Waals surface area contributed by atoms with Gasteiger partial charge in [0.2, 0.25) is 0 Å². The van der Waals surface area contributed by atoms with Crippen LogP contribution in [0.3, 0.4) is 0 Å². The van der Waals surface area contributed by atoms with Gasteiger partial charge in [-0.2, -0.15) is 0 Å². The second-order valence-corrected chi connectivity index (χ2v) is 5.28. The zero-order valence-electron chi connectivity index (χ0n) is 10.0. The monoisotopic (exact) mass is 239 g/mol. The molecule has 1 aromatic rings. The van der Waals surface area contributed by atoms with Crippen LogP contribution in [0.5, 0.6) is 0 Å². The number of thioether (sulfide) groups is 1. The largest absolute Gasteiger partial charge is 0.396 e. The summed E-state index contributed by atoms with van der Waals surface area (Å²) in [6.45, 7) is 4.40. The predicted octanol–water partition coefficient (Wildman–Crippen LogP) is 2.82. The topological polar surface area (TPSA) is 46.2 Å². The van der Waals surface area contributed by atoms with E-state index in [9.17, 15) is 0 Å². The number of benzene rings is 1. The third kappa shape index (κ3) is 4.16. The highest BCUT2D eigenvalue weighted by Crippen LogP contribution is 2.23. The van der Waals surface area contributed by atoms with E-state index in [2.05, 4.69) is 31.2 Å². The van der Waals surface area contributed by atoms with Crippen LogP contribution < -0.4 is 5.73 Å². The van der Waals surface area contributed by atoms with Gasteiger partial charge in [0.25, 0.3) is 0 Å². The molecule has 0 saturated carbocycles. The summed E-state index contributed by atoms with van der Waals surface area (Å²) >= 11 is 1.78. The Morgan fingerprint density at radius 1 is 1.31 bits per heavy atom. The van der Waals surface area contributed by atoms with Gasteiger partial charge in [0.1, 0.15) is 0 Å². The first-order valence-electron chi connectivity index (χ1n) is 5.76. The third-order valence-electron chi connectivity index (χ3n) is 2.59. The normalized spacial score (nSPS) is 14.8. The van der Waals surface area contributed by atoms with E-state index >= 15 is 0 Å². The minimum atomic E-state index is 0.149. The number of rotatable bonds is 6. The van der Waals surface area contributed by atoms with Crippen LogP contribution in [0.15, 0.2) is 29.2 Å². The average molecular weight is 239 g/mol. The van der Waals surface area contributed by atoms with Gasteiger partial charge >= 0.3 is 0 Å². The van der Waals surface area contributed by atoms with Crippen molar-refractivity contribution in [2.24, 2.45) is 11.7 Å². The van der Waals surface area contributed by atoms with E-state index in [1.165, 1.54) is 10.5 Å². The molecule has 0 aliphatic heterocycles. The van der Waals surface area contributed by atoms with Gasteiger partial charge in [-0.25, -0.2) is 0 Å². The Morgan fingerprint density at radius 3 is 2.44 bits per heavy atom. The molecule has 0 fully saturated rings. The molecule has 0 heterocycles. The molecule has 90 valence electrons. The Balaban J connectivity index is 2.51. The standard InChI is InChI=1S/C13H21NOS/c1-3-13(14)11-4-6-12(7-5-11)16-9-10(2)8-15/h4-7,10,13,15H,3,8-9,14H2,1-2H3/t10?,13-/m0/s1. The molecule has 3 N–H and O–H groups in total. The molecular formula is C13H21NOS. The Morgan fingerprint density at radius 2 is 1.94 bits per heavy atom. The lowest BCUT2D eigenvalue weighted by Crippen LogP contribution is -2.08. The Hall–Kier alpha value is -0.510. The number of aliphatic hydroxyl groups is 1. The van der Waals surface area contributed by atoms with Crippen molar-refractivity contribution in [3.8, 4) is 0 Å². The van der Waals surface area contributed by atoms with Crippen molar-refractivity contribution in [1.82, 2.24) is 0 Å². The molecule has 3 heteroatoms. The van der Waals surface area contributed by atoms with Gasteiger partial charge in [0.05, 0.1) is 0 Å². The fourth-order valence-electron chi connectivity index (χ4n) is 1.34. The highest BCUT2D eigenvalue weighted by molar-refractivity contribution is 7.99. The molecule has 0 radical (unpaired) electrons. The van der Waals surface area contributed by atoms with Crippen molar-refractivity contribution < 1.29 is 5.11 Å². The zero-order valence-corrected chi connectivity index (χ0v) is 10.8. The summed E-state index contributed by atoms with van der Waals surface area (Å²) < 4.78 is 0. The summed E-state index contributed by atoms with van der Waals surface area (Å²) in [4.78, 5) is 1.24. The van der Waals surface area contributed by atoms with E-state index in [1.807, 2.05) is 6.92 Å². The van der Waals surface area contributed by atoms with E-state index in [4.69, 9.17) is 10.8 Å². The van der Waals surface area contributed by atoms with Crippen LogP contribution in [0, 0.1) is 5.92 Å². The predicted molar refractivity (Wildman–Crippen MR) is 70.6 cm³/mol. The summed E-state index contributed by atoms with van der Waals surface area (Å²) in [5.41, 5.74) is 7.14. The van der Waals surface area contributed by atoms with Crippen LogP contribution in [0.2, 0.25) is 0 Å². The molecule has 16 heavy (non-hydrogen) atoms. The minimum Gasteiger partial charge on any atom is -0.396 e. The maximum Gasteiger partial charge on any atom is 0.0464 e. The summed E-state index contributed by atoms with van der Waals surface area (Å²) in [6.07, 6.45) is 0.966. The highest BCUT2D eigenvalue weighted by Gasteiger charge is 2.04. The van der Waals surface area contributed by atoms with Gasteiger partial charge in [-0.3, -0.25) is 0 Å². The molecule has 2 atom stereocenters. The van der Waals surface area contributed by atoms with Crippen LogP contribution in [0.25, 0.3) is 0 Å². The summed E-state index contributed by atoms with van der Waals surface area (Å²) in [5, 5.41) is 8.93. The van der Waals surface area contributed by atoms with E-state index < -0.39 is 0 Å². The van der Waals surface area contributed by atoms with Gasteiger partial charge in [-0.1, -0.05) is 26.0 Å². The maximum absolute atomic E-state index is 8.93. The lowest BCUT2D eigenvalue weighted by Gasteiger charge is -2.10. The van der Waals surface area contributed by atoms with E-state index in [0.717, 1.165) is 12.2 Å². The summed E-state index contributed by atoms with van der Waals surface area (Å²) in [7, 11) is 0. The number of hydrogen-bond donors (Lipinski definition) is 2. The number of aliphatic hydroxyl groups excluding tert-OH is 1. The van der Waals surface area contributed by atoms with Gasteiger partial charge in [0.15, 0.2) is 0 Å². The van der Waals surface area contributed by atoms with Gasteiger partial charge in [-0.15, -0.1) is 11.8 Å². The summed E-state index contributed by atoms with van der Waals surface area (Å²) in [5.74, 6) is 1.30. The lowest BCUT2D eigenvalue weighted by molar-refractivity contribution is 0.250. The lowest BCUT2D eigenvalue weighted by atomic mass is 10.1. The number of nitrogens with two attached hydrogens (primary N) is 1. The molecule has 1 rings (SSSR count). The first-order chi connectivity index (χ1) is 7.67. The molecule has 0 aliphatic rings. The van der Waals surface area contributed by atoms with Crippen LogP contribution in [0.1, 0.15) is 31.9 Å². The van der Waals surface area contributed by atoms with Crippen molar-refractivity contribution in [2.75, 3.05) is 12.4 Å². The Kier molecular flexibility index (Phi) is 5.88. The van der Waals surface area contributed by atoms with Gasteiger partial charge in [0, 0.05) is 23.3 Å². The molecule has 0 bridgehead atoms. The molecule has 0 aliphatic carbocycles. The van der Waals surface area contributed by atoms with E-state index in [1.54, 1.807) is 11.8 Å². The molecule has 1 aromatic carbocycles. The molecule has 0 spiro atoms. The van der Waals surface area contributed by atoms with Crippen molar-refractivity contribution >= 4 is 11.8 Å². The molecule has 0 saturated heterocycles. The van der Waals surface area contributed by atoms with Crippen molar-refractivity contribution in [1.29, 1.82) is 0 Å². The summed E-state index contributed by atoms with van der Waals surface area (Å²) in [6, 6.07) is 8.56. The van der Waals surface area contributed by atoms with Crippen molar-refractivity contribution in [3.05, 3.63) is 29.8 Å². The zero-order chi connectivity index (χ0) is 12.0. The first-order valence-corrected chi connectivity index (χ1v) is 6.75. The molecule has 0 aromatic heterocycles. The molecule has 1 unspecified atom stereocenters. The third-order valence-corrected chi connectivity index (χ3v) is 3.94. The van der Waals surface area contributed by atoms with Crippen LogP contribution in [-0.4, -0.2) is 17.5 Å². The highest BCUT2D eigenvalue weighted by atomic mass is 32.2. The van der Waals surface area contributed by atoms with Gasteiger partial charge < -0.3 is 10.8 Å². The number of hydrogen-bond acceptors (Lipinski definition) is 3. The molecule has 0 amide bonds. The maximum atomic E-state index is 8.93. The fourth-order valence-corrected chi connectivity index (χ4v) is 2.25. The quantitative estimate of drug-likeness (QED) is 0.750. The average Bonchev–Trinajstić information content (AvgIpc) is 2.35. The SMILES string of the molecule is CC[C@H](N)c1ccc(SCC(C)CO)cc1. The Labute approximate surface area is 102 Å². The van der Waals surface area contributed by atoms with Crippen LogP contribution >= 0.6 is 11.8 Å². The molecular weight excluding hydrogens is 218 g/mol. The van der Waals surface area contributed by atoms with Gasteiger partial charge in [-0.05, 0) is 30.0 Å². The second-order valence-electron chi connectivity index (χ2n) is 4.18.